The number of benzene rings is 2. The summed E-state index contributed by atoms with van der Waals surface area (Å²) in [4.78, 5) is 5.87. The predicted molar refractivity (Wildman–Crippen MR) is 99.6 cm³/mol. The topological polar surface area (TPSA) is 64.3 Å². The molecule has 4 rings (SSSR count). The van der Waals surface area contributed by atoms with Crippen LogP contribution in [0.15, 0.2) is 59.5 Å². The Labute approximate surface area is 149 Å². The van der Waals surface area contributed by atoms with Gasteiger partial charge >= 0.3 is 0 Å². The third-order valence-electron chi connectivity index (χ3n) is 3.91. The van der Waals surface area contributed by atoms with Crippen LogP contribution in [-0.2, 0) is 9.84 Å². The van der Waals surface area contributed by atoms with E-state index in [9.17, 15) is 8.42 Å². The highest BCUT2D eigenvalue weighted by molar-refractivity contribution is 7.90. The molecule has 0 aliphatic carbocycles. The minimum atomic E-state index is -3.23. The van der Waals surface area contributed by atoms with Crippen LogP contribution in [0.5, 0.6) is 0 Å². The summed E-state index contributed by atoms with van der Waals surface area (Å²) in [6.07, 6.45) is 1.21. The molecular formula is C18H15N3O2S2. The molecule has 4 aromatic rings. The fourth-order valence-corrected chi connectivity index (χ4v) is 4.13. The van der Waals surface area contributed by atoms with E-state index in [2.05, 4.69) is 5.10 Å². The van der Waals surface area contributed by atoms with Crippen molar-refractivity contribution in [2.75, 3.05) is 6.26 Å². The van der Waals surface area contributed by atoms with Gasteiger partial charge in [0, 0.05) is 17.4 Å². The Balaban J connectivity index is 1.96. The number of imidazole rings is 1. The van der Waals surface area contributed by atoms with E-state index in [4.69, 9.17) is 4.98 Å². The van der Waals surface area contributed by atoms with Crippen molar-refractivity contribution in [1.82, 2.24) is 14.6 Å². The molecular weight excluding hydrogens is 354 g/mol. The molecule has 126 valence electrons. The summed E-state index contributed by atoms with van der Waals surface area (Å²) in [7, 11) is -3.23. The first-order valence-corrected chi connectivity index (χ1v) is 10.4. The molecule has 0 unspecified atom stereocenters. The van der Waals surface area contributed by atoms with Gasteiger partial charge in [-0.1, -0.05) is 53.8 Å². The van der Waals surface area contributed by atoms with Crippen LogP contribution in [-0.4, -0.2) is 29.3 Å². The summed E-state index contributed by atoms with van der Waals surface area (Å²) < 4.78 is 25.2. The van der Waals surface area contributed by atoms with Crippen LogP contribution in [0.25, 0.3) is 27.5 Å². The van der Waals surface area contributed by atoms with E-state index in [-0.39, 0.29) is 0 Å². The number of rotatable bonds is 3. The van der Waals surface area contributed by atoms with Gasteiger partial charge in [-0.2, -0.15) is 5.10 Å². The van der Waals surface area contributed by atoms with Crippen LogP contribution in [0.1, 0.15) is 5.01 Å². The first-order chi connectivity index (χ1) is 11.9. The molecule has 0 spiro atoms. The van der Waals surface area contributed by atoms with Gasteiger partial charge in [0.25, 0.3) is 0 Å². The van der Waals surface area contributed by atoms with Gasteiger partial charge in [0.1, 0.15) is 16.4 Å². The minimum absolute atomic E-state index is 0.299. The molecule has 0 N–H and O–H groups in total. The third-order valence-corrected chi connectivity index (χ3v) is 5.86. The summed E-state index contributed by atoms with van der Waals surface area (Å²) in [5.41, 5.74) is 3.58. The lowest BCUT2D eigenvalue weighted by Crippen LogP contribution is -1.97. The lowest BCUT2D eigenvalue weighted by Gasteiger charge is -2.05. The maximum Gasteiger partial charge on any atom is 0.213 e. The van der Waals surface area contributed by atoms with Gasteiger partial charge in [-0.25, -0.2) is 17.9 Å². The number of aromatic nitrogens is 3. The molecule has 7 heteroatoms. The van der Waals surface area contributed by atoms with Gasteiger partial charge in [0.2, 0.25) is 4.96 Å². The average Bonchev–Trinajstić information content (AvgIpc) is 3.11. The number of hydrogen-bond donors (Lipinski definition) is 0. The van der Waals surface area contributed by atoms with Gasteiger partial charge < -0.3 is 0 Å². The average molecular weight is 369 g/mol. The molecule has 0 bridgehead atoms. The maximum atomic E-state index is 11.7. The van der Waals surface area contributed by atoms with Gasteiger partial charge in [0.15, 0.2) is 9.84 Å². The Kier molecular flexibility index (Phi) is 3.70. The Hall–Kier alpha value is -2.51. The van der Waals surface area contributed by atoms with Crippen LogP contribution in [0.3, 0.4) is 0 Å². The van der Waals surface area contributed by atoms with Crippen molar-refractivity contribution in [1.29, 1.82) is 0 Å². The normalized spacial score (nSPS) is 11.9. The van der Waals surface area contributed by atoms with E-state index in [1.54, 1.807) is 24.3 Å². The Morgan fingerprint density at radius 3 is 2.28 bits per heavy atom. The van der Waals surface area contributed by atoms with Crippen LogP contribution in [0, 0.1) is 6.92 Å². The number of nitrogens with zero attached hydrogens (tertiary/aromatic N) is 3. The van der Waals surface area contributed by atoms with E-state index < -0.39 is 9.84 Å². The Morgan fingerprint density at radius 1 is 0.960 bits per heavy atom. The fourth-order valence-electron chi connectivity index (χ4n) is 2.76. The zero-order chi connectivity index (χ0) is 17.6. The van der Waals surface area contributed by atoms with Crippen LogP contribution in [0.4, 0.5) is 0 Å². The van der Waals surface area contributed by atoms with Gasteiger partial charge in [0.05, 0.1) is 4.90 Å². The molecule has 0 amide bonds. The summed E-state index contributed by atoms with van der Waals surface area (Å²) in [6, 6.07) is 16.8. The molecule has 0 atom stereocenters. The molecule has 25 heavy (non-hydrogen) atoms. The number of aryl methyl sites for hydroxylation is 1. The van der Waals surface area contributed by atoms with Crippen LogP contribution in [0.2, 0.25) is 0 Å². The standard InChI is InChI=1S/C18H15N3O2S2/c1-12-20-21-17(14-8-10-15(11-9-14)25(2,22)23)16(19-18(21)24-12)13-6-4-3-5-7-13/h3-11H,1-2H3. The van der Waals surface area contributed by atoms with Crippen molar-refractivity contribution >= 4 is 26.1 Å². The second-order valence-corrected chi connectivity index (χ2v) is 8.96. The second-order valence-electron chi connectivity index (χ2n) is 5.79. The van der Waals surface area contributed by atoms with Crippen LogP contribution < -0.4 is 0 Å². The molecule has 0 radical (unpaired) electrons. The van der Waals surface area contributed by atoms with Gasteiger partial charge in [-0.3, -0.25) is 0 Å². The molecule has 2 aromatic carbocycles. The Morgan fingerprint density at radius 2 is 1.64 bits per heavy atom. The van der Waals surface area contributed by atoms with Crippen molar-refractivity contribution in [3.8, 4) is 22.5 Å². The lowest BCUT2D eigenvalue weighted by molar-refractivity contribution is 0.602. The summed E-state index contributed by atoms with van der Waals surface area (Å²) >= 11 is 1.53. The minimum Gasteiger partial charge on any atom is -0.224 e. The van der Waals surface area contributed by atoms with Crippen molar-refractivity contribution in [3.05, 3.63) is 59.6 Å². The van der Waals surface area contributed by atoms with Gasteiger partial charge in [-0.05, 0) is 19.1 Å². The van der Waals surface area contributed by atoms with E-state index >= 15 is 0 Å². The SMILES string of the molecule is Cc1nn2c(-c3ccc(S(C)(=O)=O)cc3)c(-c3ccccc3)nc2s1. The highest BCUT2D eigenvalue weighted by Gasteiger charge is 2.19. The number of sulfone groups is 1. The largest absolute Gasteiger partial charge is 0.224 e. The molecule has 5 nitrogen and oxygen atoms in total. The van der Waals surface area contributed by atoms with Crippen molar-refractivity contribution in [2.45, 2.75) is 11.8 Å². The fraction of sp³-hybridized carbons (Fsp3) is 0.111. The number of fused-ring (bicyclic) bond motifs is 1. The van der Waals surface area contributed by atoms with E-state index in [0.29, 0.717) is 4.90 Å². The monoisotopic (exact) mass is 369 g/mol. The van der Waals surface area contributed by atoms with Crippen molar-refractivity contribution < 1.29 is 8.42 Å². The lowest BCUT2D eigenvalue weighted by atomic mass is 10.1. The molecule has 2 heterocycles. The molecule has 0 saturated heterocycles. The third kappa shape index (κ3) is 2.85. The first-order valence-electron chi connectivity index (χ1n) is 7.65. The van der Waals surface area contributed by atoms with Crippen molar-refractivity contribution in [2.24, 2.45) is 0 Å². The van der Waals surface area contributed by atoms with E-state index in [1.807, 2.05) is 41.8 Å². The summed E-state index contributed by atoms with van der Waals surface area (Å²) in [5, 5.41) is 5.49. The van der Waals surface area contributed by atoms with E-state index in [1.165, 1.54) is 17.6 Å². The molecule has 0 aliphatic rings. The smallest absolute Gasteiger partial charge is 0.213 e. The Bertz CT molecular complexity index is 1160. The zero-order valence-electron chi connectivity index (χ0n) is 13.7. The maximum absolute atomic E-state index is 11.7. The molecule has 2 aromatic heterocycles. The predicted octanol–water partition coefficient (Wildman–Crippen LogP) is 3.84. The second kappa shape index (κ2) is 5.79. The van der Waals surface area contributed by atoms with Gasteiger partial charge in [-0.15, -0.1) is 0 Å². The zero-order valence-corrected chi connectivity index (χ0v) is 15.3. The first kappa shape index (κ1) is 16.0. The van der Waals surface area contributed by atoms with E-state index in [0.717, 1.165) is 32.5 Å². The summed E-state index contributed by atoms with van der Waals surface area (Å²) in [6.45, 7) is 1.94. The van der Waals surface area contributed by atoms with Crippen LogP contribution >= 0.6 is 11.3 Å². The molecule has 0 saturated carbocycles. The highest BCUT2D eigenvalue weighted by Crippen LogP contribution is 2.34. The number of hydrogen-bond acceptors (Lipinski definition) is 5. The highest BCUT2D eigenvalue weighted by atomic mass is 32.2. The quantitative estimate of drug-likeness (QED) is 0.550. The summed E-state index contributed by atoms with van der Waals surface area (Å²) in [5.74, 6) is 0. The van der Waals surface area contributed by atoms with Crippen molar-refractivity contribution in [3.63, 3.8) is 0 Å². The molecule has 0 fully saturated rings. The molecule has 0 aliphatic heterocycles.